The van der Waals surface area contributed by atoms with Crippen molar-refractivity contribution in [3.63, 3.8) is 0 Å². The molecule has 1 saturated carbocycles. The Labute approximate surface area is 114 Å². The third-order valence-corrected chi connectivity index (χ3v) is 3.78. The molecule has 2 atom stereocenters. The summed E-state index contributed by atoms with van der Waals surface area (Å²) in [6.07, 6.45) is -2.61. The van der Waals surface area contributed by atoms with E-state index in [0.717, 1.165) is 0 Å². The molecule has 1 aliphatic carbocycles. The number of rotatable bonds is 4. The summed E-state index contributed by atoms with van der Waals surface area (Å²) < 4.78 is 25.1. The first-order valence-corrected chi connectivity index (χ1v) is 6.17. The summed E-state index contributed by atoms with van der Waals surface area (Å²) in [6, 6.07) is 5.37. The maximum atomic E-state index is 12.6. The number of benzene rings is 1. The summed E-state index contributed by atoms with van der Waals surface area (Å²) in [6.45, 7) is 3.40. The Morgan fingerprint density at radius 2 is 1.95 bits per heavy atom. The van der Waals surface area contributed by atoms with Crippen molar-refractivity contribution < 1.29 is 23.5 Å². The molecule has 20 heavy (non-hydrogen) atoms. The highest BCUT2D eigenvalue weighted by molar-refractivity contribution is 5.99. The van der Waals surface area contributed by atoms with Crippen LogP contribution in [-0.4, -0.2) is 17.0 Å². The molecule has 1 fully saturated rings. The summed E-state index contributed by atoms with van der Waals surface area (Å²) in [5.41, 5.74) is -0.553. The van der Waals surface area contributed by atoms with E-state index < -0.39 is 35.6 Å². The maximum Gasteiger partial charge on any atom is 0.307 e. The average Bonchev–Trinajstić information content (AvgIpc) is 2.93. The topological polar surface area (TPSA) is 66.4 Å². The molecule has 1 aromatic carbocycles. The van der Waals surface area contributed by atoms with Gasteiger partial charge in [0.2, 0.25) is 5.91 Å². The summed E-state index contributed by atoms with van der Waals surface area (Å²) in [5.74, 6) is -2.85. The number of alkyl halides is 2. The Morgan fingerprint density at radius 1 is 1.30 bits per heavy atom. The molecule has 0 aliphatic heterocycles. The minimum atomic E-state index is -2.61. The van der Waals surface area contributed by atoms with Gasteiger partial charge in [0.1, 0.15) is 0 Å². The van der Waals surface area contributed by atoms with Gasteiger partial charge in [-0.3, -0.25) is 9.59 Å². The van der Waals surface area contributed by atoms with Gasteiger partial charge in [-0.05, 0) is 17.5 Å². The second kappa shape index (κ2) is 4.85. The highest BCUT2D eigenvalue weighted by Crippen LogP contribution is 2.58. The van der Waals surface area contributed by atoms with E-state index in [4.69, 9.17) is 5.11 Å². The molecule has 1 aliphatic rings. The van der Waals surface area contributed by atoms with Crippen molar-refractivity contribution in [1.29, 1.82) is 0 Å². The van der Waals surface area contributed by atoms with Gasteiger partial charge in [-0.2, -0.15) is 0 Å². The molecule has 108 valence electrons. The summed E-state index contributed by atoms with van der Waals surface area (Å²) >= 11 is 0. The van der Waals surface area contributed by atoms with Crippen LogP contribution in [0, 0.1) is 17.3 Å². The zero-order valence-electron chi connectivity index (χ0n) is 11.1. The number of hydrogen-bond acceptors (Lipinski definition) is 2. The number of carbonyl (C=O) groups excluding carboxylic acids is 1. The first kappa shape index (κ1) is 14.4. The molecular weight excluding hydrogens is 268 g/mol. The molecule has 0 radical (unpaired) electrons. The van der Waals surface area contributed by atoms with Crippen molar-refractivity contribution in [2.24, 2.45) is 17.3 Å². The molecule has 1 amide bonds. The van der Waals surface area contributed by atoms with Gasteiger partial charge in [0.25, 0.3) is 6.43 Å². The third kappa shape index (κ3) is 2.50. The zero-order valence-corrected chi connectivity index (χ0v) is 11.1. The third-order valence-electron chi connectivity index (χ3n) is 3.78. The molecule has 6 heteroatoms. The molecule has 0 aromatic heterocycles. The van der Waals surface area contributed by atoms with E-state index in [1.807, 2.05) is 0 Å². The Kier molecular flexibility index (Phi) is 3.50. The molecule has 0 saturated heterocycles. The Bertz CT molecular complexity index is 557. The number of anilines is 1. The van der Waals surface area contributed by atoms with Crippen LogP contribution in [-0.2, 0) is 9.59 Å². The molecule has 0 unspecified atom stereocenters. The Morgan fingerprint density at radius 3 is 2.45 bits per heavy atom. The van der Waals surface area contributed by atoms with Crippen LogP contribution in [0.3, 0.4) is 0 Å². The fraction of sp³-hybridized carbons (Fsp3) is 0.429. The van der Waals surface area contributed by atoms with Gasteiger partial charge < -0.3 is 10.4 Å². The smallest absolute Gasteiger partial charge is 0.307 e. The second-order valence-corrected chi connectivity index (χ2v) is 5.53. The van der Waals surface area contributed by atoms with Crippen LogP contribution in [0.25, 0.3) is 0 Å². The van der Waals surface area contributed by atoms with Crippen molar-refractivity contribution >= 4 is 17.6 Å². The SMILES string of the molecule is CC1(C)[C@H](C(=O)O)[C@@H]1C(=O)Nc1cccc(C(F)F)c1. The first-order valence-electron chi connectivity index (χ1n) is 6.17. The van der Waals surface area contributed by atoms with Crippen LogP contribution in [0.15, 0.2) is 24.3 Å². The van der Waals surface area contributed by atoms with Crippen molar-refractivity contribution in [2.45, 2.75) is 20.3 Å². The van der Waals surface area contributed by atoms with E-state index >= 15 is 0 Å². The molecule has 2 rings (SSSR count). The molecule has 0 spiro atoms. The predicted molar refractivity (Wildman–Crippen MR) is 68.4 cm³/mol. The van der Waals surface area contributed by atoms with Gasteiger partial charge in [0, 0.05) is 11.3 Å². The standard InChI is InChI=1S/C14H15F2NO3/c1-14(2)9(10(14)13(19)20)12(18)17-8-5-3-4-7(6-8)11(15)16/h3-6,9-11H,1-2H3,(H,17,18)(H,19,20)/t9-,10+/m1/s1. The number of amides is 1. The summed E-state index contributed by atoms with van der Waals surface area (Å²) in [7, 11) is 0. The van der Waals surface area contributed by atoms with Crippen molar-refractivity contribution in [3.8, 4) is 0 Å². The van der Waals surface area contributed by atoms with E-state index in [1.165, 1.54) is 24.3 Å². The second-order valence-electron chi connectivity index (χ2n) is 5.53. The number of carboxylic acid groups (broad SMARTS) is 1. The van der Waals surface area contributed by atoms with Crippen LogP contribution in [0.4, 0.5) is 14.5 Å². The lowest BCUT2D eigenvalue weighted by molar-refractivity contribution is -0.140. The van der Waals surface area contributed by atoms with Crippen LogP contribution in [0.1, 0.15) is 25.8 Å². The minimum Gasteiger partial charge on any atom is -0.481 e. The number of halogens is 2. The lowest BCUT2D eigenvalue weighted by atomic mass is 10.1. The average molecular weight is 283 g/mol. The molecule has 0 bridgehead atoms. The van der Waals surface area contributed by atoms with E-state index in [9.17, 15) is 18.4 Å². The Hall–Kier alpha value is -1.98. The maximum absolute atomic E-state index is 12.6. The molecule has 4 nitrogen and oxygen atoms in total. The van der Waals surface area contributed by atoms with Gasteiger partial charge in [0.05, 0.1) is 11.8 Å². The Balaban J connectivity index is 2.10. The number of nitrogens with one attached hydrogen (secondary N) is 1. The number of carboxylic acids is 1. The highest BCUT2D eigenvalue weighted by atomic mass is 19.3. The van der Waals surface area contributed by atoms with Crippen molar-refractivity contribution in [3.05, 3.63) is 29.8 Å². The predicted octanol–water partition coefficient (Wildman–Crippen LogP) is 2.92. The van der Waals surface area contributed by atoms with E-state index in [1.54, 1.807) is 13.8 Å². The summed E-state index contributed by atoms with van der Waals surface area (Å²) in [4.78, 5) is 23.0. The first-order chi connectivity index (χ1) is 9.25. The van der Waals surface area contributed by atoms with Gasteiger partial charge in [-0.25, -0.2) is 8.78 Å². The van der Waals surface area contributed by atoms with E-state index in [2.05, 4.69) is 5.32 Å². The minimum absolute atomic E-state index is 0.187. The quantitative estimate of drug-likeness (QED) is 0.892. The van der Waals surface area contributed by atoms with E-state index in [0.29, 0.717) is 0 Å². The normalized spacial score (nSPS) is 23.4. The highest BCUT2D eigenvalue weighted by Gasteiger charge is 2.65. The summed E-state index contributed by atoms with van der Waals surface area (Å²) in [5, 5.41) is 11.5. The zero-order chi connectivity index (χ0) is 15.1. The number of carbonyl (C=O) groups is 2. The van der Waals surface area contributed by atoms with Gasteiger partial charge in [-0.15, -0.1) is 0 Å². The van der Waals surface area contributed by atoms with Crippen LogP contribution < -0.4 is 5.32 Å². The fourth-order valence-corrected chi connectivity index (χ4v) is 2.56. The molecule has 1 aromatic rings. The lowest BCUT2D eigenvalue weighted by Gasteiger charge is -2.07. The number of aliphatic carboxylic acids is 1. The molecule has 2 N–H and O–H groups in total. The molecular formula is C14H15F2NO3. The monoisotopic (exact) mass is 283 g/mol. The molecule has 0 heterocycles. The van der Waals surface area contributed by atoms with Crippen LogP contribution in [0.2, 0.25) is 0 Å². The largest absolute Gasteiger partial charge is 0.481 e. The fourth-order valence-electron chi connectivity index (χ4n) is 2.56. The van der Waals surface area contributed by atoms with Crippen molar-refractivity contribution in [2.75, 3.05) is 5.32 Å². The number of hydrogen-bond donors (Lipinski definition) is 2. The lowest BCUT2D eigenvalue weighted by Crippen LogP contribution is -2.17. The van der Waals surface area contributed by atoms with Crippen molar-refractivity contribution in [1.82, 2.24) is 0 Å². The van der Waals surface area contributed by atoms with Crippen LogP contribution in [0.5, 0.6) is 0 Å². The van der Waals surface area contributed by atoms with Crippen LogP contribution >= 0.6 is 0 Å². The van der Waals surface area contributed by atoms with E-state index in [-0.39, 0.29) is 11.3 Å². The van der Waals surface area contributed by atoms with Gasteiger partial charge >= 0.3 is 5.97 Å². The van der Waals surface area contributed by atoms with Gasteiger partial charge in [-0.1, -0.05) is 26.0 Å². The van der Waals surface area contributed by atoms with Gasteiger partial charge in [0.15, 0.2) is 0 Å².